The van der Waals surface area contributed by atoms with Gasteiger partial charge in [0.05, 0.1) is 5.52 Å². The van der Waals surface area contributed by atoms with Crippen molar-refractivity contribution >= 4 is 33.9 Å². The Labute approximate surface area is 130 Å². The molecule has 3 nitrogen and oxygen atoms in total. The minimum absolute atomic E-state index is 0.422. The standard InChI is InChI=1S/C17H21N3S/c1-11-6-7-12(8-11)10-19-16-9-14(17(18)21)13-4-2-3-5-15(13)20-16/h2-5,9,11-12H,6-8,10H2,1H3,(H2,18,21)(H,19,20). The fourth-order valence-corrected chi connectivity index (χ4v) is 3.40. The lowest BCUT2D eigenvalue weighted by atomic mass is 10.1. The quantitative estimate of drug-likeness (QED) is 0.845. The summed E-state index contributed by atoms with van der Waals surface area (Å²) in [7, 11) is 0. The molecule has 0 amide bonds. The molecule has 2 aromatic rings. The summed E-state index contributed by atoms with van der Waals surface area (Å²) in [6.07, 6.45) is 3.96. The van der Waals surface area contributed by atoms with Gasteiger partial charge >= 0.3 is 0 Å². The van der Waals surface area contributed by atoms with Gasteiger partial charge < -0.3 is 11.1 Å². The van der Waals surface area contributed by atoms with Crippen LogP contribution in [-0.2, 0) is 0 Å². The summed E-state index contributed by atoms with van der Waals surface area (Å²) in [6.45, 7) is 3.31. The summed E-state index contributed by atoms with van der Waals surface area (Å²) in [5.41, 5.74) is 7.70. The zero-order chi connectivity index (χ0) is 14.8. The third-order valence-corrected chi connectivity index (χ3v) is 4.58. The Morgan fingerprint density at radius 2 is 2.19 bits per heavy atom. The van der Waals surface area contributed by atoms with Crippen LogP contribution in [0, 0.1) is 11.8 Å². The van der Waals surface area contributed by atoms with E-state index < -0.39 is 0 Å². The fourth-order valence-electron chi connectivity index (χ4n) is 3.23. The van der Waals surface area contributed by atoms with Gasteiger partial charge in [-0.05, 0) is 36.8 Å². The maximum Gasteiger partial charge on any atom is 0.127 e. The predicted molar refractivity (Wildman–Crippen MR) is 92.6 cm³/mol. The molecule has 3 N–H and O–H groups in total. The summed E-state index contributed by atoms with van der Waals surface area (Å²) in [4.78, 5) is 5.09. The lowest BCUT2D eigenvalue weighted by Crippen LogP contribution is -2.15. The first-order valence-corrected chi connectivity index (χ1v) is 7.98. The van der Waals surface area contributed by atoms with Crippen molar-refractivity contribution in [2.45, 2.75) is 26.2 Å². The van der Waals surface area contributed by atoms with E-state index in [0.29, 0.717) is 4.99 Å². The molecule has 1 aromatic heterocycles. The number of hydrogen-bond donors (Lipinski definition) is 2. The molecule has 0 aliphatic heterocycles. The molecule has 1 saturated carbocycles. The molecule has 2 unspecified atom stereocenters. The largest absolute Gasteiger partial charge is 0.389 e. The molecule has 1 aromatic carbocycles. The number of anilines is 1. The van der Waals surface area contributed by atoms with Gasteiger partial charge in [-0.3, -0.25) is 0 Å². The first-order valence-electron chi connectivity index (χ1n) is 7.57. The lowest BCUT2D eigenvalue weighted by molar-refractivity contribution is 0.536. The minimum atomic E-state index is 0.422. The van der Waals surface area contributed by atoms with Crippen molar-refractivity contribution in [2.75, 3.05) is 11.9 Å². The van der Waals surface area contributed by atoms with E-state index in [0.717, 1.165) is 40.7 Å². The van der Waals surface area contributed by atoms with E-state index in [1.54, 1.807) is 0 Å². The third-order valence-electron chi connectivity index (χ3n) is 4.36. The second kappa shape index (κ2) is 5.98. The number of nitrogens with one attached hydrogen (secondary N) is 1. The van der Waals surface area contributed by atoms with Gasteiger partial charge in [-0.2, -0.15) is 0 Å². The van der Waals surface area contributed by atoms with Crippen LogP contribution < -0.4 is 11.1 Å². The predicted octanol–water partition coefficient (Wildman–Crippen LogP) is 3.72. The highest BCUT2D eigenvalue weighted by Gasteiger charge is 2.21. The third kappa shape index (κ3) is 3.16. The average molecular weight is 299 g/mol. The van der Waals surface area contributed by atoms with Gasteiger partial charge in [0, 0.05) is 17.5 Å². The molecule has 4 heteroatoms. The van der Waals surface area contributed by atoms with E-state index in [1.165, 1.54) is 19.3 Å². The molecular formula is C17H21N3S. The first kappa shape index (κ1) is 14.3. The van der Waals surface area contributed by atoms with Gasteiger partial charge in [0.2, 0.25) is 0 Å². The van der Waals surface area contributed by atoms with Crippen LogP contribution in [0.1, 0.15) is 31.7 Å². The number of nitrogens with two attached hydrogens (primary N) is 1. The zero-order valence-electron chi connectivity index (χ0n) is 12.3. The summed E-state index contributed by atoms with van der Waals surface area (Å²) < 4.78 is 0. The minimum Gasteiger partial charge on any atom is -0.389 e. The van der Waals surface area contributed by atoms with Gasteiger partial charge in [0.25, 0.3) is 0 Å². The molecule has 0 saturated heterocycles. The SMILES string of the molecule is CC1CCC(CNc2cc(C(N)=S)c3ccccc3n2)C1. The van der Waals surface area contributed by atoms with Gasteiger partial charge in [-0.15, -0.1) is 0 Å². The van der Waals surface area contributed by atoms with E-state index >= 15 is 0 Å². The fraction of sp³-hybridized carbons (Fsp3) is 0.412. The van der Waals surface area contributed by atoms with Crippen molar-refractivity contribution in [1.29, 1.82) is 0 Å². The number of benzene rings is 1. The number of rotatable bonds is 4. The molecule has 0 radical (unpaired) electrons. The lowest BCUT2D eigenvalue weighted by Gasteiger charge is -2.14. The van der Waals surface area contributed by atoms with E-state index in [1.807, 2.05) is 30.3 Å². The van der Waals surface area contributed by atoms with Crippen LogP contribution in [0.25, 0.3) is 10.9 Å². The van der Waals surface area contributed by atoms with Crippen molar-refractivity contribution in [1.82, 2.24) is 4.98 Å². The normalized spacial score (nSPS) is 21.6. The van der Waals surface area contributed by atoms with Crippen molar-refractivity contribution in [3.05, 3.63) is 35.9 Å². The van der Waals surface area contributed by atoms with E-state index in [-0.39, 0.29) is 0 Å². The van der Waals surface area contributed by atoms with Crippen molar-refractivity contribution in [2.24, 2.45) is 17.6 Å². The smallest absolute Gasteiger partial charge is 0.127 e. The zero-order valence-corrected chi connectivity index (χ0v) is 13.1. The number of aromatic nitrogens is 1. The number of thiocarbonyl (C=S) groups is 1. The maximum absolute atomic E-state index is 5.86. The van der Waals surface area contributed by atoms with Crippen molar-refractivity contribution in [3.8, 4) is 0 Å². The number of nitrogens with zero attached hydrogens (tertiary/aromatic N) is 1. The average Bonchev–Trinajstić information content (AvgIpc) is 2.89. The molecule has 110 valence electrons. The van der Waals surface area contributed by atoms with Gasteiger partial charge in [-0.25, -0.2) is 4.98 Å². The van der Waals surface area contributed by atoms with Gasteiger partial charge in [0.15, 0.2) is 0 Å². The van der Waals surface area contributed by atoms with Crippen LogP contribution in [0.15, 0.2) is 30.3 Å². The first-order chi connectivity index (χ1) is 10.1. The molecule has 2 atom stereocenters. The van der Waals surface area contributed by atoms with Gasteiger partial charge in [-0.1, -0.05) is 43.8 Å². The number of fused-ring (bicyclic) bond motifs is 1. The van der Waals surface area contributed by atoms with E-state index in [2.05, 4.69) is 17.2 Å². The maximum atomic E-state index is 5.86. The van der Waals surface area contributed by atoms with Crippen LogP contribution in [-0.4, -0.2) is 16.5 Å². The summed E-state index contributed by atoms with van der Waals surface area (Å²) in [5.74, 6) is 2.48. The Balaban J connectivity index is 1.83. The number of hydrogen-bond acceptors (Lipinski definition) is 3. The molecule has 1 heterocycles. The van der Waals surface area contributed by atoms with E-state index in [4.69, 9.17) is 18.0 Å². The summed E-state index contributed by atoms with van der Waals surface area (Å²) in [6, 6.07) is 9.96. The van der Waals surface area contributed by atoms with Crippen LogP contribution in [0.3, 0.4) is 0 Å². The molecular weight excluding hydrogens is 278 g/mol. The number of para-hydroxylation sites is 1. The Bertz CT molecular complexity index is 668. The monoisotopic (exact) mass is 299 g/mol. The highest BCUT2D eigenvalue weighted by atomic mass is 32.1. The Morgan fingerprint density at radius 1 is 1.38 bits per heavy atom. The van der Waals surface area contributed by atoms with Crippen LogP contribution in [0.5, 0.6) is 0 Å². The van der Waals surface area contributed by atoms with Crippen LogP contribution in [0.2, 0.25) is 0 Å². The highest BCUT2D eigenvalue weighted by Crippen LogP contribution is 2.30. The van der Waals surface area contributed by atoms with E-state index in [9.17, 15) is 0 Å². The number of pyridine rings is 1. The highest BCUT2D eigenvalue weighted by molar-refractivity contribution is 7.80. The second-order valence-electron chi connectivity index (χ2n) is 6.10. The van der Waals surface area contributed by atoms with Crippen LogP contribution >= 0.6 is 12.2 Å². The summed E-state index contributed by atoms with van der Waals surface area (Å²) >= 11 is 5.18. The molecule has 0 bridgehead atoms. The molecule has 21 heavy (non-hydrogen) atoms. The molecule has 0 spiro atoms. The molecule has 1 fully saturated rings. The van der Waals surface area contributed by atoms with Crippen molar-refractivity contribution < 1.29 is 0 Å². The molecule has 1 aliphatic carbocycles. The topological polar surface area (TPSA) is 50.9 Å². The summed E-state index contributed by atoms with van der Waals surface area (Å²) in [5, 5.41) is 4.49. The molecule has 3 rings (SSSR count). The van der Waals surface area contributed by atoms with Crippen LogP contribution in [0.4, 0.5) is 5.82 Å². The second-order valence-corrected chi connectivity index (χ2v) is 6.54. The van der Waals surface area contributed by atoms with Crippen molar-refractivity contribution in [3.63, 3.8) is 0 Å². The molecule has 1 aliphatic rings. The Kier molecular flexibility index (Phi) is 4.06. The Morgan fingerprint density at radius 3 is 2.90 bits per heavy atom. The Hall–Kier alpha value is -1.68. The van der Waals surface area contributed by atoms with Gasteiger partial charge in [0.1, 0.15) is 10.8 Å².